The molecule has 0 spiro atoms. The van der Waals surface area contributed by atoms with E-state index in [1.807, 2.05) is 6.07 Å². The minimum absolute atomic E-state index is 0.134. The molecule has 2 aromatic carbocycles. The fourth-order valence-corrected chi connectivity index (χ4v) is 5.67. The molecule has 0 aromatic heterocycles. The van der Waals surface area contributed by atoms with Crippen LogP contribution >= 0.6 is 8.15 Å². The number of piperidine rings is 1. The molecule has 0 aliphatic carbocycles. The van der Waals surface area contributed by atoms with Crippen LogP contribution in [0.5, 0.6) is 0 Å². The average molecular weight is 458 g/mol. The SMILES string of the molecule is CP(ONc1cc(F)cc(N2CCC(N3CCCC3)CC2)c1)c1ccc(C(C)(C)C)cc1. The summed E-state index contributed by atoms with van der Waals surface area (Å²) in [5.74, 6) is -0.231. The normalized spacial score (nSPS) is 19.3. The lowest BCUT2D eigenvalue weighted by molar-refractivity contribution is 0.208. The minimum atomic E-state index is -0.845. The fourth-order valence-electron chi connectivity index (χ4n) is 4.76. The third-order valence-electron chi connectivity index (χ3n) is 6.77. The molecule has 1 N–H and O–H groups in total. The Balaban J connectivity index is 1.34. The fraction of sp³-hybridized carbons (Fsp3) is 0.538. The second-order valence-electron chi connectivity index (χ2n) is 10.1. The van der Waals surface area contributed by atoms with Crippen molar-refractivity contribution in [1.82, 2.24) is 4.90 Å². The number of likely N-dealkylation sites (tertiary alicyclic amines) is 1. The number of anilines is 2. The molecule has 0 saturated carbocycles. The Morgan fingerprint density at radius 1 is 0.969 bits per heavy atom. The van der Waals surface area contributed by atoms with Gasteiger partial charge in [-0.3, -0.25) is 10.1 Å². The Labute approximate surface area is 193 Å². The third-order valence-corrected chi connectivity index (χ3v) is 8.16. The van der Waals surface area contributed by atoms with E-state index in [1.54, 1.807) is 6.07 Å². The Morgan fingerprint density at radius 2 is 1.62 bits per heavy atom. The van der Waals surface area contributed by atoms with Crippen molar-refractivity contribution in [2.24, 2.45) is 0 Å². The van der Waals surface area contributed by atoms with Crippen LogP contribution in [-0.2, 0) is 10.0 Å². The molecule has 2 fully saturated rings. The van der Waals surface area contributed by atoms with Gasteiger partial charge in [-0.15, -0.1) is 0 Å². The van der Waals surface area contributed by atoms with E-state index in [9.17, 15) is 4.39 Å². The maximum absolute atomic E-state index is 14.4. The molecule has 4 nitrogen and oxygen atoms in total. The summed E-state index contributed by atoms with van der Waals surface area (Å²) in [6, 6.07) is 14.5. The number of halogens is 1. The van der Waals surface area contributed by atoms with E-state index in [-0.39, 0.29) is 11.2 Å². The molecule has 174 valence electrons. The summed E-state index contributed by atoms with van der Waals surface area (Å²) in [5, 5.41) is 1.15. The van der Waals surface area contributed by atoms with Crippen LogP contribution < -0.4 is 15.7 Å². The zero-order chi connectivity index (χ0) is 22.7. The van der Waals surface area contributed by atoms with Gasteiger partial charge in [0.25, 0.3) is 0 Å². The Bertz CT molecular complexity index is 885. The highest BCUT2D eigenvalue weighted by Crippen LogP contribution is 2.34. The van der Waals surface area contributed by atoms with Crippen LogP contribution in [0.1, 0.15) is 52.0 Å². The smallest absolute Gasteiger partial charge is 0.127 e. The zero-order valence-corrected chi connectivity index (χ0v) is 20.8. The van der Waals surface area contributed by atoms with Crippen molar-refractivity contribution in [3.05, 3.63) is 53.8 Å². The van der Waals surface area contributed by atoms with E-state index in [2.05, 4.69) is 67.0 Å². The standard InChI is InChI=1S/C26H37FN3OP/c1-26(2,3)20-7-9-25(10-8-20)32(4)31-28-22-17-21(27)18-24(19-22)30-15-11-23(12-16-30)29-13-5-6-14-29/h7-10,17-19,23,28H,5-6,11-16H2,1-4H3. The molecule has 2 heterocycles. The molecular weight excluding hydrogens is 420 g/mol. The summed E-state index contributed by atoms with van der Waals surface area (Å²) in [6.07, 6.45) is 4.97. The summed E-state index contributed by atoms with van der Waals surface area (Å²) in [6.45, 7) is 13.2. The van der Waals surface area contributed by atoms with E-state index in [0.717, 1.165) is 36.9 Å². The van der Waals surface area contributed by atoms with Crippen molar-refractivity contribution in [3.63, 3.8) is 0 Å². The number of rotatable bonds is 6. The first-order valence-electron chi connectivity index (χ1n) is 11.9. The van der Waals surface area contributed by atoms with Crippen LogP contribution in [0.2, 0.25) is 0 Å². The molecule has 2 aliphatic rings. The van der Waals surface area contributed by atoms with Crippen molar-refractivity contribution in [2.45, 2.75) is 57.9 Å². The number of hydrogen-bond acceptors (Lipinski definition) is 4. The van der Waals surface area contributed by atoms with Crippen LogP contribution in [-0.4, -0.2) is 43.8 Å². The van der Waals surface area contributed by atoms with Crippen LogP contribution in [0.4, 0.5) is 15.8 Å². The van der Waals surface area contributed by atoms with Gasteiger partial charge in [0.1, 0.15) is 5.82 Å². The van der Waals surface area contributed by atoms with E-state index in [1.165, 1.54) is 37.6 Å². The molecule has 1 unspecified atom stereocenters. The van der Waals surface area contributed by atoms with Gasteiger partial charge < -0.3 is 9.80 Å². The van der Waals surface area contributed by atoms with Gasteiger partial charge >= 0.3 is 0 Å². The van der Waals surface area contributed by atoms with Gasteiger partial charge in [-0.05, 0) is 74.6 Å². The molecule has 1 atom stereocenters. The third kappa shape index (κ3) is 5.81. The number of nitrogens with zero attached hydrogens (tertiary/aromatic N) is 2. The molecule has 4 rings (SSSR count). The van der Waals surface area contributed by atoms with Crippen LogP contribution in [0.15, 0.2) is 42.5 Å². The highest BCUT2D eigenvalue weighted by atomic mass is 31.1. The van der Waals surface area contributed by atoms with E-state index in [4.69, 9.17) is 4.62 Å². The van der Waals surface area contributed by atoms with Crippen LogP contribution in [0.25, 0.3) is 0 Å². The maximum atomic E-state index is 14.4. The van der Waals surface area contributed by atoms with E-state index < -0.39 is 8.15 Å². The summed E-state index contributed by atoms with van der Waals surface area (Å²) >= 11 is 0. The topological polar surface area (TPSA) is 27.7 Å². The van der Waals surface area contributed by atoms with Gasteiger partial charge in [0.15, 0.2) is 0 Å². The van der Waals surface area contributed by atoms with Gasteiger partial charge in [-0.1, -0.05) is 45.0 Å². The summed E-state index contributed by atoms with van der Waals surface area (Å²) in [7, 11) is -0.845. The van der Waals surface area contributed by atoms with Gasteiger partial charge in [0, 0.05) is 30.1 Å². The molecule has 2 saturated heterocycles. The second-order valence-corrected chi connectivity index (χ2v) is 11.8. The van der Waals surface area contributed by atoms with Crippen LogP contribution in [0.3, 0.4) is 0 Å². The molecule has 2 aliphatic heterocycles. The molecule has 32 heavy (non-hydrogen) atoms. The van der Waals surface area contributed by atoms with Gasteiger partial charge in [0.05, 0.1) is 13.8 Å². The highest BCUT2D eigenvalue weighted by Gasteiger charge is 2.26. The monoisotopic (exact) mass is 457 g/mol. The maximum Gasteiger partial charge on any atom is 0.127 e. The molecule has 0 bridgehead atoms. The number of nitrogens with one attached hydrogen (secondary N) is 1. The predicted molar refractivity (Wildman–Crippen MR) is 135 cm³/mol. The molecule has 2 aromatic rings. The quantitative estimate of drug-likeness (QED) is 0.433. The summed E-state index contributed by atoms with van der Waals surface area (Å²) in [4.78, 5) is 4.95. The Morgan fingerprint density at radius 3 is 2.25 bits per heavy atom. The Hall–Kier alpha value is -1.68. The largest absolute Gasteiger partial charge is 0.371 e. The average Bonchev–Trinajstić information content (AvgIpc) is 3.32. The van der Waals surface area contributed by atoms with E-state index >= 15 is 0 Å². The van der Waals surface area contributed by atoms with Crippen molar-refractivity contribution < 1.29 is 9.01 Å². The van der Waals surface area contributed by atoms with Gasteiger partial charge in [-0.2, -0.15) is 0 Å². The lowest BCUT2D eigenvalue weighted by Gasteiger charge is -2.38. The van der Waals surface area contributed by atoms with Crippen molar-refractivity contribution in [1.29, 1.82) is 0 Å². The summed E-state index contributed by atoms with van der Waals surface area (Å²) < 4.78 is 20.3. The van der Waals surface area contributed by atoms with Crippen molar-refractivity contribution in [2.75, 3.05) is 43.2 Å². The van der Waals surface area contributed by atoms with Gasteiger partial charge in [0.2, 0.25) is 0 Å². The second kappa shape index (κ2) is 10.1. The number of hydrogen-bond donors (Lipinski definition) is 1. The minimum Gasteiger partial charge on any atom is -0.371 e. The molecule has 0 amide bonds. The van der Waals surface area contributed by atoms with Crippen LogP contribution in [0, 0.1) is 5.82 Å². The Kier molecular flexibility index (Phi) is 7.39. The first-order valence-corrected chi connectivity index (χ1v) is 13.6. The summed E-state index contributed by atoms with van der Waals surface area (Å²) in [5.41, 5.74) is 6.06. The van der Waals surface area contributed by atoms with E-state index in [0.29, 0.717) is 11.7 Å². The lowest BCUT2D eigenvalue weighted by Crippen LogP contribution is -2.43. The first kappa shape index (κ1) is 23.5. The molecule has 0 radical (unpaired) electrons. The lowest BCUT2D eigenvalue weighted by atomic mass is 9.87. The first-order chi connectivity index (χ1) is 15.3. The molecular formula is C26H37FN3OP. The van der Waals surface area contributed by atoms with Crippen molar-refractivity contribution >= 4 is 24.8 Å². The highest BCUT2D eigenvalue weighted by molar-refractivity contribution is 7.60. The predicted octanol–water partition coefficient (Wildman–Crippen LogP) is 5.88. The van der Waals surface area contributed by atoms with Crippen molar-refractivity contribution in [3.8, 4) is 0 Å². The zero-order valence-electron chi connectivity index (χ0n) is 19.9. The van der Waals surface area contributed by atoms with Gasteiger partial charge in [-0.25, -0.2) is 4.39 Å². The molecule has 6 heteroatoms. The number of benzene rings is 2.